The number of nitrogens with one attached hydrogen (secondary N) is 1. The first-order chi connectivity index (χ1) is 8.36. The third-order valence-corrected chi connectivity index (χ3v) is 4.15. The molecule has 2 aliphatic rings. The molecule has 1 spiro atoms. The highest BCUT2D eigenvalue weighted by Crippen LogP contribution is 2.40. The number of hydrogen-bond donors (Lipinski definition) is 1. The summed E-state index contributed by atoms with van der Waals surface area (Å²) in [7, 11) is 0. The first-order valence-electron chi connectivity index (χ1n) is 6.82. The van der Waals surface area contributed by atoms with Crippen LogP contribution >= 0.6 is 0 Å². The first-order valence-corrected chi connectivity index (χ1v) is 6.82. The van der Waals surface area contributed by atoms with Crippen LogP contribution in [0.1, 0.15) is 38.5 Å². The third kappa shape index (κ3) is 2.47. The zero-order valence-corrected chi connectivity index (χ0v) is 10.3. The predicted molar refractivity (Wildman–Crippen MR) is 70.2 cm³/mol. The molecule has 1 N–H and O–H groups in total. The normalized spacial score (nSPS) is 27.2. The highest BCUT2D eigenvalue weighted by Gasteiger charge is 2.39. The second-order valence-corrected chi connectivity index (χ2v) is 5.44. The standard InChI is InChI=1S/C15H21NO/c1-2-6-13(7-3-1)16-14-8-11-17-15(12-14)9-4-5-10-15/h1-3,6-7,14,16H,4-5,8-12H2. The summed E-state index contributed by atoms with van der Waals surface area (Å²) in [5.41, 5.74) is 1.46. The van der Waals surface area contributed by atoms with Gasteiger partial charge in [-0.05, 0) is 37.8 Å². The van der Waals surface area contributed by atoms with Crippen molar-refractivity contribution in [1.82, 2.24) is 0 Å². The van der Waals surface area contributed by atoms with Crippen molar-refractivity contribution in [3.8, 4) is 0 Å². The van der Waals surface area contributed by atoms with E-state index in [-0.39, 0.29) is 5.60 Å². The van der Waals surface area contributed by atoms with Gasteiger partial charge in [-0.15, -0.1) is 0 Å². The molecule has 1 aliphatic carbocycles. The van der Waals surface area contributed by atoms with Gasteiger partial charge >= 0.3 is 0 Å². The fraction of sp³-hybridized carbons (Fsp3) is 0.600. The Labute approximate surface area is 103 Å². The Morgan fingerprint density at radius 2 is 1.88 bits per heavy atom. The Morgan fingerprint density at radius 1 is 1.12 bits per heavy atom. The fourth-order valence-electron chi connectivity index (χ4n) is 3.29. The summed E-state index contributed by atoms with van der Waals surface area (Å²) in [4.78, 5) is 0. The lowest BCUT2D eigenvalue weighted by atomic mass is 9.89. The topological polar surface area (TPSA) is 21.3 Å². The molecule has 3 rings (SSSR count). The van der Waals surface area contributed by atoms with Crippen molar-refractivity contribution >= 4 is 5.69 Å². The van der Waals surface area contributed by atoms with Gasteiger partial charge in [-0.25, -0.2) is 0 Å². The molecule has 92 valence electrons. The lowest BCUT2D eigenvalue weighted by Crippen LogP contribution is -2.42. The van der Waals surface area contributed by atoms with Gasteiger partial charge in [0.25, 0.3) is 0 Å². The Kier molecular flexibility index (Phi) is 3.06. The summed E-state index contributed by atoms with van der Waals surface area (Å²) in [5.74, 6) is 0. The van der Waals surface area contributed by atoms with Crippen LogP contribution in [0.25, 0.3) is 0 Å². The zero-order valence-electron chi connectivity index (χ0n) is 10.3. The van der Waals surface area contributed by atoms with Gasteiger partial charge in [0.05, 0.1) is 5.60 Å². The largest absolute Gasteiger partial charge is 0.382 e. The molecule has 1 aliphatic heterocycles. The van der Waals surface area contributed by atoms with Crippen LogP contribution < -0.4 is 5.32 Å². The van der Waals surface area contributed by atoms with Crippen LogP contribution in [0.4, 0.5) is 5.69 Å². The summed E-state index contributed by atoms with van der Waals surface area (Å²) in [6.07, 6.45) is 7.54. The van der Waals surface area contributed by atoms with Crippen molar-refractivity contribution in [2.24, 2.45) is 0 Å². The molecule has 2 nitrogen and oxygen atoms in total. The van der Waals surface area contributed by atoms with Gasteiger partial charge in [-0.3, -0.25) is 0 Å². The molecule has 17 heavy (non-hydrogen) atoms. The van der Waals surface area contributed by atoms with Crippen molar-refractivity contribution in [2.45, 2.75) is 50.2 Å². The molecule has 1 unspecified atom stereocenters. The maximum atomic E-state index is 6.05. The minimum atomic E-state index is 0.213. The van der Waals surface area contributed by atoms with E-state index in [4.69, 9.17) is 4.74 Å². The number of hydrogen-bond acceptors (Lipinski definition) is 2. The van der Waals surface area contributed by atoms with Crippen LogP contribution in [0.2, 0.25) is 0 Å². The minimum Gasteiger partial charge on any atom is -0.382 e. The van der Waals surface area contributed by atoms with E-state index < -0.39 is 0 Å². The summed E-state index contributed by atoms with van der Waals surface area (Å²) in [6, 6.07) is 11.1. The second-order valence-electron chi connectivity index (χ2n) is 5.44. The predicted octanol–water partition coefficient (Wildman–Crippen LogP) is 3.59. The van der Waals surface area contributed by atoms with Crippen molar-refractivity contribution in [2.75, 3.05) is 11.9 Å². The summed E-state index contributed by atoms with van der Waals surface area (Å²) >= 11 is 0. The molecule has 1 saturated heterocycles. The molecule has 0 radical (unpaired) electrons. The Bertz CT molecular complexity index is 356. The molecule has 1 aromatic rings. The van der Waals surface area contributed by atoms with Gasteiger partial charge in [0.2, 0.25) is 0 Å². The third-order valence-electron chi connectivity index (χ3n) is 4.15. The lowest BCUT2D eigenvalue weighted by Gasteiger charge is -2.39. The molecule has 1 aromatic carbocycles. The summed E-state index contributed by atoms with van der Waals surface area (Å²) in [6.45, 7) is 0.921. The van der Waals surface area contributed by atoms with Gasteiger partial charge < -0.3 is 10.1 Å². The first kappa shape index (κ1) is 11.1. The van der Waals surface area contributed by atoms with Gasteiger partial charge in [0.15, 0.2) is 0 Å². The maximum Gasteiger partial charge on any atom is 0.0702 e. The molecule has 1 atom stereocenters. The maximum absolute atomic E-state index is 6.05. The monoisotopic (exact) mass is 231 g/mol. The van der Waals surface area contributed by atoms with Gasteiger partial charge in [-0.1, -0.05) is 31.0 Å². The highest BCUT2D eigenvalue weighted by atomic mass is 16.5. The molecule has 1 saturated carbocycles. The van der Waals surface area contributed by atoms with E-state index in [9.17, 15) is 0 Å². The van der Waals surface area contributed by atoms with Crippen molar-refractivity contribution in [3.05, 3.63) is 30.3 Å². The molecular weight excluding hydrogens is 210 g/mol. The number of para-hydroxylation sites is 1. The van der Waals surface area contributed by atoms with Crippen molar-refractivity contribution < 1.29 is 4.74 Å². The smallest absolute Gasteiger partial charge is 0.0702 e. The van der Waals surface area contributed by atoms with Crippen molar-refractivity contribution in [3.63, 3.8) is 0 Å². The average molecular weight is 231 g/mol. The quantitative estimate of drug-likeness (QED) is 0.840. The number of rotatable bonds is 2. The van der Waals surface area contributed by atoms with E-state index in [1.54, 1.807) is 0 Å². The molecule has 0 amide bonds. The Balaban J connectivity index is 1.64. The summed E-state index contributed by atoms with van der Waals surface area (Å²) < 4.78 is 6.05. The van der Waals surface area contributed by atoms with Crippen LogP contribution in [0.3, 0.4) is 0 Å². The molecular formula is C15H21NO. The lowest BCUT2D eigenvalue weighted by molar-refractivity contribution is -0.0767. The molecule has 2 fully saturated rings. The Morgan fingerprint density at radius 3 is 2.65 bits per heavy atom. The number of ether oxygens (including phenoxy) is 1. The average Bonchev–Trinajstić information content (AvgIpc) is 2.79. The van der Waals surface area contributed by atoms with Crippen LogP contribution in [0, 0.1) is 0 Å². The zero-order chi connectivity index (χ0) is 11.6. The number of benzene rings is 1. The molecule has 1 heterocycles. The SMILES string of the molecule is c1ccc(NC2CCOC3(CCCC3)C2)cc1. The van der Waals surface area contributed by atoms with Crippen LogP contribution in [0.15, 0.2) is 30.3 Å². The van der Waals surface area contributed by atoms with E-state index in [1.807, 2.05) is 0 Å². The van der Waals surface area contributed by atoms with E-state index in [2.05, 4.69) is 35.6 Å². The van der Waals surface area contributed by atoms with E-state index >= 15 is 0 Å². The molecule has 0 aromatic heterocycles. The van der Waals surface area contributed by atoms with Gasteiger partial charge in [-0.2, -0.15) is 0 Å². The highest BCUT2D eigenvalue weighted by molar-refractivity contribution is 5.43. The summed E-state index contributed by atoms with van der Waals surface area (Å²) in [5, 5.41) is 3.65. The van der Waals surface area contributed by atoms with E-state index in [0.717, 1.165) is 13.0 Å². The molecule has 2 heteroatoms. The van der Waals surface area contributed by atoms with E-state index in [0.29, 0.717) is 6.04 Å². The van der Waals surface area contributed by atoms with Gasteiger partial charge in [0, 0.05) is 18.3 Å². The molecule has 0 bridgehead atoms. The van der Waals surface area contributed by atoms with Crippen LogP contribution in [-0.4, -0.2) is 18.2 Å². The Hall–Kier alpha value is -1.02. The van der Waals surface area contributed by atoms with Crippen molar-refractivity contribution in [1.29, 1.82) is 0 Å². The van der Waals surface area contributed by atoms with Crippen LogP contribution in [0.5, 0.6) is 0 Å². The fourth-order valence-corrected chi connectivity index (χ4v) is 3.29. The van der Waals surface area contributed by atoms with E-state index in [1.165, 1.54) is 37.8 Å². The second kappa shape index (κ2) is 4.69. The minimum absolute atomic E-state index is 0.213. The van der Waals surface area contributed by atoms with Gasteiger partial charge in [0.1, 0.15) is 0 Å². The van der Waals surface area contributed by atoms with Crippen LogP contribution in [-0.2, 0) is 4.74 Å². The number of anilines is 1.